The van der Waals surface area contributed by atoms with Crippen molar-refractivity contribution in [3.63, 3.8) is 0 Å². The summed E-state index contributed by atoms with van der Waals surface area (Å²) in [7, 11) is 0. The maximum atomic E-state index is 12.3. The number of nitrogens with one attached hydrogen (secondary N) is 1. The Labute approximate surface area is 157 Å². The van der Waals surface area contributed by atoms with Crippen molar-refractivity contribution >= 4 is 34.2 Å². The van der Waals surface area contributed by atoms with E-state index in [-0.39, 0.29) is 5.91 Å². The number of carbonyl (C=O) groups excluding carboxylic acids is 1. The van der Waals surface area contributed by atoms with Crippen LogP contribution in [0.4, 0.5) is 5.69 Å². The first-order valence-electron chi connectivity index (χ1n) is 8.49. The van der Waals surface area contributed by atoms with E-state index in [2.05, 4.69) is 34.8 Å². The van der Waals surface area contributed by atoms with E-state index in [1.54, 1.807) is 0 Å². The summed E-state index contributed by atoms with van der Waals surface area (Å²) in [5, 5.41) is 2.92. The number of amides is 1. The topological polar surface area (TPSA) is 38.3 Å². The maximum absolute atomic E-state index is 12.3. The van der Waals surface area contributed by atoms with Crippen molar-refractivity contribution < 1.29 is 9.53 Å². The Morgan fingerprint density at radius 3 is 2.62 bits per heavy atom. The number of anilines is 1. The molecule has 0 saturated heterocycles. The number of halogens is 1. The Balaban J connectivity index is 1.85. The summed E-state index contributed by atoms with van der Waals surface area (Å²) in [4.78, 5) is 12.3. The minimum atomic E-state index is -0.106. The molecule has 2 rings (SSSR count). The average Bonchev–Trinajstić information content (AvgIpc) is 2.58. The monoisotopic (exact) mass is 437 g/mol. The minimum Gasteiger partial charge on any atom is -0.494 e. The lowest BCUT2D eigenvalue weighted by molar-refractivity contribution is 0.102. The summed E-state index contributed by atoms with van der Waals surface area (Å²) in [5.41, 5.74) is 1.41. The van der Waals surface area contributed by atoms with Crippen LogP contribution in [0.5, 0.6) is 5.75 Å². The van der Waals surface area contributed by atoms with Crippen LogP contribution in [0.25, 0.3) is 0 Å². The fourth-order valence-corrected chi connectivity index (χ4v) is 2.94. The maximum Gasteiger partial charge on any atom is 0.255 e. The van der Waals surface area contributed by atoms with Gasteiger partial charge in [-0.3, -0.25) is 4.79 Å². The van der Waals surface area contributed by atoms with Gasteiger partial charge >= 0.3 is 0 Å². The lowest BCUT2D eigenvalue weighted by Gasteiger charge is -2.09. The van der Waals surface area contributed by atoms with Crippen LogP contribution in [0.3, 0.4) is 0 Å². The van der Waals surface area contributed by atoms with Crippen molar-refractivity contribution in [1.29, 1.82) is 0 Å². The molecule has 2 aromatic rings. The molecule has 0 aliphatic carbocycles. The van der Waals surface area contributed by atoms with Crippen LogP contribution in [0.1, 0.15) is 49.4 Å². The molecule has 0 radical (unpaired) electrons. The van der Waals surface area contributed by atoms with Crippen molar-refractivity contribution in [2.45, 2.75) is 39.0 Å². The van der Waals surface area contributed by atoms with E-state index in [4.69, 9.17) is 4.74 Å². The molecule has 1 N–H and O–H groups in total. The molecule has 1 amide bonds. The van der Waals surface area contributed by atoms with Crippen LogP contribution < -0.4 is 10.1 Å². The van der Waals surface area contributed by atoms with Gasteiger partial charge in [0.15, 0.2) is 0 Å². The molecule has 4 heteroatoms. The molecule has 0 spiro atoms. The normalized spacial score (nSPS) is 10.4. The molecule has 0 aliphatic rings. The smallest absolute Gasteiger partial charge is 0.255 e. The third-order valence-corrected chi connectivity index (χ3v) is 4.37. The molecule has 128 valence electrons. The van der Waals surface area contributed by atoms with E-state index in [0.29, 0.717) is 5.56 Å². The Bertz CT molecular complexity index is 658. The van der Waals surface area contributed by atoms with Gasteiger partial charge in [-0.15, -0.1) is 0 Å². The third-order valence-electron chi connectivity index (χ3n) is 3.70. The second kappa shape index (κ2) is 10.3. The van der Waals surface area contributed by atoms with Crippen molar-refractivity contribution in [2.75, 3.05) is 11.9 Å². The predicted molar refractivity (Wildman–Crippen MR) is 108 cm³/mol. The molecule has 0 aromatic heterocycles. The summed E-state index contributed by atoms with van der Waals surface area (Å²) >= 11 is 2.20. The second-order valence-corrected chi connectivity index (χ2v) is 7.00. The quantitative estimate of drug-likeness (QED) is 0.392. The van der Waals surface area contributed by atoms with E-state index in [9.17, 15) is 4.79 Å². The summed E-state index contributed by atoms with van der Waals surface area (Å²) in [6.07, 6.45) is 6.09. The summed E-state index contributed by atoms with van der Waals surface area (Å²) < 4.78 is 6.82. The highest BCUT2D eigenvalue weighted by atomic mass is 127. The van der Waals surface area contributed by atoms with Crippen LogP contribution in [0.15, 0.2) is 48.5 Å². The molecule has 0 atom stereocenters. The predicted octanol–water partition coefficient (Wildman–Crippen LogP) is 5.89. The zero-order valence-corrected chi connectivity index (χ0v) is 16.2. The van der Waals surface area contributed by atoms with Crippen LogP contribution in [-0.4, -0.2) is 12.5 Å². The van der Waals surface area contributed by atoms with E-state index in [0.717, 1.165) is 28.0 Å². The number of ether oxygens (including phenoxy) is 1. The van der Waals surface area contributed by atoms with Gasteiger partial charge in [-0.25, -0.2) is 0 Å². The second-order valence-electron chi connectivity index (χ2n) is 5.75. The average molecular weight is 437 g/mol. The highest BCUT2D eigenvalue weighted by Crippen LogP contribution is 2.19. The van der Waals surface area contributed by atoms with Gasteiger partial charge in [0.05, 0.1) is 6.61 Å². The fraction of sp³-hybridized carbons (Fsp3) is 0.350. The molecule has 2 aromatic carbocycles. The Hall–Kier alpha value is -1.56. The van der Waals surface area contributed by atoms with Gasteiger partial charge in [-0.2, -0.15) is 0 Å². The van der Waals surface area contributed by atoms with E-state index in [1.165, 1.54) is 25.7 Å². The van der Waals surface area contributed by atoms with Gasteiger partial charge in [0.1, 0.15) is 5.75 Å². The first-order valence-corrected chi connectivity index (χ1v) is 9.56. The van der Waals surface area contributed by atoms with Gasteiger partial charge in [0, 0.05) is 20.9 Å². The van der Waals surface area contributed by atoms with E-state index in [1.807, 2.05) is 48.5 Å². The standard InChI is InChI=1S/C20H24INO2/c1-2-3-4-5-6-13-24-19-12-8-11-18(15-19)22-20(23)16-9-7-10-17(21)14-16/h7-12,14-15H,2-6,13H2,1H3,(H,22,23). The summed E-state index contributed by atoms with van der Waals surface area (Å²) in [6, 6.07) is 15.1. The molecule has 0 fully saturated rings. The third kappa shape index (κ3) is 6.51. The minimum absolute atomic E-state index is 0.106. The van der Waals surface area contributed by atoms with Gasteiger partial charge in [-0.05, 0) is 59.3 Å². The Morgan fingerprint density at radius 1 is 1.04 bits per heavy atom. The zero-order chi connectivity index (χ0) is 17.2. The molecule has 0 aliphatic heterocycles. The number of hydrogen-bond acceptors (Lipinski definition) is 2. The lowest BCUT2D eigenvalue weighted by Crippen LogP contribution is -2.12. The summed E-state index contributed by atoms with van der Waals surface area (Å²) in [6.45, 7) is 2.94. The van der Waals surface area contributed by atoms with Gasteiger partial charge in [0.2, 0.25) is 0 Å². The number of carbonyl (C=O) groups is 1. The van der Waals surface area contributed by atoms with Crippen molar-refractivity contribution in [3.05, 3.63) is 57.7 Å². The molecule has 24 heavy (non-hydrogen) atoms. The molecular formula is C20H24INO2. The van der Waals surface area contributed by atoms with Crippen molar-refractivity contribution in [1.82, 2.24) is 0 Å². The fourth-order valence-electron chi connectivity index (χ4n) is 2.39. The Kier molecular flexibility index (Phi) is 8.08. The molecule has 0 unspecified atom stereocenters. The number of rotatable bonds is 9. The first-order chi connectivity index (χ1) is 11.7. The largest absolute Gasteiger partial charge is 0.494 e. The van der Waals surface area contributed by atoms with E-state index >= 15 is 0 Å². The highest BCUT2D eigenvalue weighted by molar-refractivity contribution is 14.1. The molecule has 0 saturated carbocycles. The van der Waals surface area contributed by atoms with Crippen LogP contribution in [0, 0.1) is 3.57 Å². The lowest BCUT2D eigenvalue weighted by atomic mass is 10.2. The summed E-state index contributed by atoms with van der Waals surface area (Å²) in [5.74, 6) is 0.691. The number of hydrogen-bond donors (Lipinski definition) is 1. The van der Waals surface area contributed by atoms with Crippen molar-refractivity contribution in [2.24, 2.45) is 0 Å². The van der Waals surface area contributed by atoms with Crippen LogP contribution >= 0.6 is 22.6 Å². The van der Waals surface area contributed by atoms with Crippen molar-refractivity contribution in [3.8, 4) is 5.75 Å². The van der Waals surface area contributed by atoms with E-state index < -0.39 is 0 Å². The number of benzene rings is 2. The number of unbranched alkanes of at least 4 members (excludes halogenated alkanes) is 4. The van der Waals surface area contributed by atoms with Crippen LogP contribution in [0.2, 0.25) is 0 Å². The zero-order valence-electron chi connectivity index (χ0n) is 14.1. The van der Waals surface area contributed by atoms with Crippen LogP contribution in [-0.2, 0) is 0 Å². The SMILES string of the molecule is CCCCCCCOc1cccc(NC(=O)c2cccc(I)c2)c1. The molecule has 0 bridgehead atoms. The molecule has 0 heterocycles. The van der Waals surface area contributed by atoms with Gasteiger partial charge in [-0.1, -0.05) is 44.7 Å². The Morgan fingerprint density at radius 2 is 1.83 bits per heavy atom. The van der Waals surface area contributed by atoms with Gasteiger partial charge < -0.3 is 10.1 Å². The first kappa shape index (κ1) is 18.8. The molecular weight excluding hydrogens is 413 g/mol. The van der Waals surface area contributed by atoms with Gasteiger partial charge in [0.25, 0.3) is 5.91 Å². The highest BCUT2D eigenvalue weighted by Gasteiger charge is 2.07. The molecule has 3 nitrogen and oxygen atoms in total.